The molecule has 0 aliphatic heterocycles. The van der Waals surface area contributed by atoms with Crippen molar-refractivity contribution in [3.05, 3.63) is 24.5 Å². The number of rotatable bonds is 8. The maximum Gasteiger partial charge on any atom is 0.259 e. The lowest BCUT2D eigenvalue weighted by atomic mass is 10.2. The summed E-state index contributed by atoms with van der Waals surface area (Å²) in [5.74, 6) is 0. The topological polar surface area (TPSA) is 16.4 Å². The number of ether oxygens (including phenoxy) is 1. The van der Waals surface area contributed by atoms with E-state index in [4.69, 9.17) is 4.74 Å². The quantitative estimate of drug-likeness (QED) is 0.500. The van der Waals surface area contributed by atoms with Crippen molar-refractivity contribution in [1.29, 1.82) is 0 Å². The van der Waals surface area contributed by atoms with Gasteiger partial charge in [-0.15, -0.1) is 0 Å². The summed E-state index contributed by atoms with van der Waals surface area (Å²) in [7, 11) is 4.10. The van der Waals surface area contributed by atoms with Crippen LogP contribution in [-0.4, -0.2) is 20.7 Å². The highest BCUT2D eigenvalue weighted by Crippen LogP contribution is 2.08. The summed E-state index contributed by atoms with van der Waals surface area (Å²) < 4.78 is 7.93. The van der Waals surface area contributed by atoms with Crippen LogP contribution in [0.1, 0.15) is 45.8 Å². The van der Waals surface area contributed by atoms with E-state index in [0.717, 1.165) is 13.0 Å². The van der Waals surface area contributed by atoms with E-state index >= 15 is 0 Å². The Hall–Kier alpha value is -0.800. The van der Waals surface area contributed by atoms with Crippen molar-refractivity contribution < 1.29 is 21.7 Å². The Morgan fingerprint density at radius 3 is 2.32 bits per heavy atom. The third-order valence-corrected chi connectivity index (χ3v) is 3.13. The first-order valence-electron chi connectivity index (χ1n) is 6.95. The van der Waals surface area contributed by atoms with E-state index < -0.39 is 0 Å². The molecule has 0 saturated heterocycles. The van der Waals surface area contributed by atoms with Crippen LogP contribution in [0.3, 0.4) is 0 Å². The summed E-state index contributed by atoms with van der Waals surface area (Å²) in [6, 6.07) is 4.22. The van der Waals surface area contributed by atoms with Crippen molar-refractivity contribution in [3.8, 4) is 0 Å². The molecule has 1 unspecified atom stereocenters. The number of nitrogens with zero attached hydrogens (tertiary/aromatic N) is 2. The largest absolute Gasteiger partial charge is 1.00 e. The second-order valence-electron chi connectivity index (χ2n) is 4.93. The number of pyridine rings is 1. The molecule has 0 aromatic carbocycles. The zero-order valence-electron chi connectivity index (χ0n) is 12.6. The standard InChI is InChI=1S/C15H27N2O.ClH/c1-5-6-7-8-13-18-14(2)17-11-9-15(10-12-17)16(3)4;/h9-12,14H,5-8,13H2,1-4H3;1H/q+1;/p-1. The smallest absolute Gasteiger partial charge is 0.259 e. The van der Waals surface area contributed by atoms with Gasteiger partial charge in [-0.1, -0.05) is 26.2 Å². The van der Waals surface area contributed by atoms with Crippen LogP contribution in [0.2, 0.25) is 0 Å². The molecule has 19 heavy (non-hydrogen) atoms. The van der Waals surface area contributed by atoms with Gasteiger partial charge in [-0.25, -0.2) is 0 Å². The van der Waals surface area contributed by atoms with Gasteiger partial charge in [0.15, 0.2) is 12.4 Å². The first-order chi connectivity index (χ1) is 8.65. The first-order valence-corrected chi connectivity index (χ1v) is 6.95. The fourth-order valence-corrected chi connectivity index (χ4v) is 1.84. The minimum Gasteiger partial charge on any atom is -1.00 e. The van der Waals surface area contributed by atoms with Gasteiger partial charge < -0.3 is 22.0 Å². The number of halogens is 1. The van der Waals surface area contributed by atoms with Crippen molar-refractivity contribution in [2.45, 2.75) is 45.8 Å². The first kappa shape index (κ1) is 18.2. The molecule has 4 heteroatoms. The molecule has 0 saturated carbocycles. The van der Waals surface area contributed by atoms with Gasteiger partial charge in [0, 0.05) is 38.8 Å². The van der Waals surface area contributed by atoms with Crippen LogP contribution < -0.4 is 21.9 Å². The summed E-state index contributed by atoms with van der Waals surface area (Å²) in [5, 5.41) is 0. The molecule has 1 aromatic rings. The molecule has 0 spiro atoms. The maximum absolute atomic E-state index is 5.82. The van der Waals surface area contributed by atoms with Gasteiger partial charge in [-0.05, 0) is 6.42 Å². The molecule has 0 N–H and O–H groups in total. The molecule has 0 amide bonds. The second-order valence-corrected chi connectivity index (χ2v) is 4.93. The van der Waals surface area contributed by atoms with Crippen LogP contribution >= 0.6 is 0 Å². The van der Waals surface area contributed by atoms with E-state index in [1.54, 1.807) is 0 Å². The monoisotopic (exact) mass is 286 g/mol. The highest BCUT2D eigenvalue weighted by Gasteiger charge is 2.11. The van der Waals surface area contributed by atoms with Gasteiger partial charge in [-0.3, -0.25) is 0 Å². The summed E-state index contributed by atoms with van der Waals surface area (Å²) in [6.45, 7) is 5.17. The van der Waals surface area contributed by atoms with E-state index in [0.29, 0.717) is 0 Å². The molecule has 3 nitrogen and oxygen atoms in total. The molecule has 0 fully saturated rings. The highest BCUT2D eigenvalue weighted by molar-refractivity contribution is 5.41. The zero-order chi connectivity index (χ0) is 13.4. The SMILES string of the molecule is CCCCCCOC(C)[n+]1ccc(N(C)C)cc1.[Cl-]. The summed E-state index contributed by atoms with van der Waals surface area (Å²) in [6.07, 6.45) is 9.28. The predicted molar refractivity (Wildman–Crippen MR) is 75.8 cm³/mol. The number of aromatic nitrogens is 1. The Morgan fingerprint density at radius 2 is 1.79 bits per heavy atom. The molecular formula is C15H27ClN2O. The lowest BCUT2D eigenvalue weighted by Crippen LogP contribution is -3.00. The van der Waals surface area contributed by atoms with Crippen molar-refractivity contribution >= 4 is 5.69 Å². The lowest BCUT2D eigenvalue weighted by molar-refractivity contribution is -0.758. The fraction of sp³-hybridized carbons (Fsp3) is 0.667. The predicted octanol–water partition coefficient (Wildman–Crippen LogP) is 0.160. The van der Waals surface area contributed by atoms with Gasteiger partial charge in [0.1, 0.15) is 0 Å². The highest BCUT2D eigenvalue weighted by atomic mass is 35.5. The fourth-order valence-electron chi connectivity index (χ4n) is 1.84. The molecule has 0 aliphatic carbocycles. The molecular weight excluding hydrogens is 260 g/mol. The van der Waals surface area contributed by atoms with Crippen molar-refractivity contribution in [1.82, 2.24) is 0 Å². The number of hydrogen-bond donors (Lipinski definition) is 0. The Bertz CT molecular complexity index is 327. The van der Waals surface area contributed by atoms with Crippen LogP contribution in [0, 0.1) is 0 Å². The maximum atomic E-state index is 5.82. The van der Waals surface area contributed by atoms with Gasteiger partial charge in [0.25, 0.3) is 6.23 Å². The normalized spacial score (nSPS) is 11.8. The van der Waals surface area contributed by atoms with E-state index in [-0.39, 0.29) is 18.6 Å². The van der Waals surface area contributed by atoms with Gasteiger partial charge in [0.05, 0.1) is 6.61 Å². The molecule has 0 aliphatic rings. The average Bonchev–Trinajstić information content (AvgIpc) is 2.38. The van der Waals surface area contributed by atoms with Crippen LogP contribution in [0.4, 0.5) is 5.69 Å². The van der Waals surface area contributed by atoms with Gasteiger partial charge in [0.2, 0.25) is 0 Å². The zero-order valence-corrected chi connectivity index (χ0v) is 13.4. The molecule has 1 aromatic heterocycles. The lowest BCUT2D eigenvalue weighted by Gasteiger charge is -2.12. The summed E-state index contributed by atoms with van der Waals surface area (Å²) in [4.78, 5) is 2.10. The second kappa shape index (κ2) is 10.0. The molecule has 1 atom stereocenters. The minimum atomic E-state index is 0. The average molecular weight is 287 g/mol. The molecule has 110 valence electrons. The molecule has 1 heterocycles. The van der Waals surface area contributed by atoms with Crippen LogP contribution in [0.15, 0.2) is 24.5 Å². The molecule has 0 bridgehead atoms. The van der Waals surface area contributed by atoms with Gasteiger partial charge in [-0.2, -0.15) is 4.57 Å². The third kappa shape index (κ3) is 6.79. The van der Waals surface area contributed by atoms with Crippen LogP contribution in [0.25, 0.3) is 0 Å². The van der Waals surface area contributed by atoms with E-state index in [9.17, 15) is 0 Å². The Balaban J connectivity index is 0.00000324. The summed E-state index contributed by atoms with van der Waals surface area (Å²) in [5.41, 5.74) is 1.21. The van der Waals surface area contributed by atoms with Gasteiger partial charge >= 0.3 is 0 Å². The Morgan fingerprint density at radius 1 is 1.16 bits per heavy atom. The number of unbranched alkanes of at least 4 members (excludes halogenated alkanes) is 3. The summed E-state index contributed by atoms with van der Waals surface area (Å²) >= 11 is 0. The number of anilines is 1. The van der Waals surface area contributed by atoms with E-state index in [1.165, 1.54) is 24.9 Å². The Kier molecular flexibility index (Phi) is 9.62. The van der Waals surface area contributed by atoms with E-state index in [2.05, 4.69) is 47.8 Å². The van der Waals surface area contributed by atoms with Crippen molar-refractivity contribution in [3.63, 3.8) is 0 Å². The van der Waals surface area contributed by atoms with Crippen molar-refractivity contribution in [2.75, 3.05) is 25.6 Å². The number of hydrogen-bond acceptors (Lipinski definition) is 2. The van der Waals surface area contributed by atoms with Crippen LogP contribution in [0.5, 0.6) is 0 Å². The van der Waals surface area contributed by atoms with Crippen LogP contribution in [-0.2, 0) is 4.74 Å². The third-order valence-electron chi connectivity index (χ3n) is 3.13. The minimum absolute atomic E-state index is 0. The van der Waals surface area contributed by atoms with Crippen molar-refractivity contribution in [2.24, 2.45) is 0 Å². The molecule has 0 radical (unpaired) electrons. The Labute approximate surface area is 124 Å². The molecule has 1 rings (SSSR count). The van der Waals surface area contributed by atoms with E-state index in [1.807, 2.05) is 14.1 Å².